The molecule has 24 heavy (non-hydrogen) atoms. The molecule has 1 aromatic heterocycles. The summed E-state index contributed by atoms with van der Waals surface area (Å²) in [4.78, 5) is 17.2. The van der Waals surface area contributed by atoms with Crippen molar-refractivity contribution in [1.82, 2.24) is 4.98 Å². The maximum Gasteiger partial charge on any atom is 0.140 e. The zero-order valence-corrected chi connectivity index (χ0v) is 15.4. The molecule has 0 saturated heterocycles. The summed E-state index contributed by atoms with van der Waals surface area (Å²) in [6, 6.07) is 8.60. The van der Waals surface area contributed by atoms with E-state index in [9.17, 15) is 4.79 Å². The van der Waals surface area contributed by atoms with Gasteiger partial charge in [0.25, 0.3) is 0 Å². The van der Waals surface area contributed by atoms with Gasteiger partial charge in [0.15, 0.2) is 0 Å². The van der Waals surface area contributed by atoms with Crippen molar-refractivity contribution in [2.45, 2.75) is 64.2 Å². The standard InChI is InChI=1S/C21H27NOS/c1-16-9-11-18(12-10-16)19(15-17-5-2-3-6-17)20(23)7-4-8-21-22-13-14-24-21/h9-14,17,19H,2-8,15H2,1H3. The molecule has 1 saturated carbocycles. The Morgan fingerprint density at radius 2 is 2.00 bits per heavy atom. The minimum atomic E-state index is 0.0880. The third-order valence-corrected chi connectivity index (χ3v) is 6.05. The Hall–Kier alpha value is -1.48. The van der Waals surface area contributed by atoms with Crippen LogP contribution in [0.4, 0.5) is 0 Å². The number of ketones is 1. The second-order valence-electron chi connectivity index (χ2n) is 7.10. The third-order valence-electron chi connectivity index (χ3n) is 5.21. The summed E-state index contributed by atoms with van der Waals surface area (Å²) in [7, 11) is 0. The molecule has 1 aromatic carbocycles. The average Bonchev–Trinajstić information content (AvgIpc) is 3.27. The molecular formula is C21H27NOS. The van der Waals surface area contributed by atoms with E-state index in [-0.39, 0.29) is 5.92 Å². The fraction of sp³-hybridized carbons (Fsp3) is 0.524. The molecule has 1 atom stereocenters. The van der Waals surface area contributed by atoms with Crippen LogP contribution in [0.15, 0.2) is 35.8 Å². The molecule has 0 spiro atoms. The number of hydrogen-bond donors (Lipinski definition) is 0. The number of thiazole rings is 1. The Balaban J connectivity index is 1.63. The molecule has 0 bridgehead atoms. The lowest BCUT2D eigenvalue weighted by molar-refractivity contribution is -0.121. The number of hydrogen-bond acceptors (Lipinski definition) is 3. The number of carbonyl (C=O) groups is 1. The summed E-state index contributed by atoms with van der Waals surface area (Å²) >= 11 is 1.68. The number of benzene rings is 1. The fourth-order valence-electron chi connectivity index (χ4n) is 3.80. The van der Waals surface area contributed by atoms with E-state index in [1.54, 1.807) is 11.3 Å². The number of Topliss-reactive ketones (excluding diaryl/α,β-unsaturated/α-hetero) is 1. The second-order valence-corrected chi connectivity index (χ2v) is 8.07. The summed E-state index contributed by atoms with van der Waals surface area (Å²) in [6.07, 6.45) is 10.7. The molecule has 2 aromatic rings. The number of aryl methyl sites for hydroxylation is 2. The lowest BCUT2D eigenvalue weighted by atomic mass is 9.83. The van der Waals surface area contributed by atoms with Crippen molar-refractivity contribution < 1.29 is 4.79 Å². The number of aromatic nitrogens is 1. The molecule has 0 aliphatic heterocycles. The van der Waals surface area contributed by atoms with Crippen molar-refractivity contribution in [2.24, 2.45) is 5.92 Å². The van der Waals surface area contributed by atoms with Crippen molar-refractivity contribution in [3.8, 4) is 0 Å². The quantitative estimate of drug-likeness (QED) is 0.616. The van der Waals surface area contributed by atoms with Crippen molar-refractivity contribution in [2.75, 3.05) is 0 Å². The van der Waals surface area contributed by atoms with Gasteiger partial charge in [-0.2, -0.15) is 0 Å². The Kier molecular flexibility index (Phi) is 6.19. The van der Waals surface area contributed by atoms with Gasteiger partial charge in [0, 0.05) is 23.9 Å². The largest absolute Gasteiger partial charge is 0.299 e. The minimum absolute atomic E-state index is 0.0880. The summed E-state index contributed by atoms with van der Waals surface area (Å²) < 4.78 is 0. The first-order valence-electron chi connectivity index (χ1n) is 9.20. The van der Waals surface area contributed by atoms with Crippen LogP contribution in [0, 0.1) is 12.8 Å². The van der Waals surface area contributed by atoms with Gasteiger partial charge < -0.3 is 0 Å². The van der Waals surface area contributed by atoms with Gasteiger partial charge in [-0.05, 0) is 37.7 Å². The van der Waals surface area contributed by atoms with Crippen LogP contribution in [-0.4, -0.2) is 10.8 Å². The molecule has 1 aliphatic carbocycles. The van der Waals surface area contributed by atoms with Crippen LogP contribution >= 0.6 is 11.3 Å². The van der Waals surface area contributed by atoms with Gasteiger partial charge in [0.1, 0.15) is 5.78 Å². The molecule has 1 aliphatic rings. The monoisotopic (exact) mass is 341 g/mol. The molecule has 128 valence electrons. The van der Waals surface area contributed by atoms with Crippen molar-refractivity contribution >= 4 is 17.1 Å². The van der Waals surface area contributed by atoms with Crippen LogP contribution in [0.1, 0.15) is 67.0 Å². The highest BCUT2D eigenvalue weighted by Crippen LogP contribution is 2.35. The summed E-state index contributed by atoms with van der Waals surface area (Å²) in [5, 5.41) is 3.15. The van der Waals surface area contributed by atoms with Gasteiger partial charge in [0.05, 0.1) is 5.01 Å². The number of carbonyl (C=O) groups excluding carboxylic acids is 1. The van der Waals surface area contributed by atoms with E-state index in [1.807, 2.05) is 11.6 Å². The molecule has 3 heteroatoms. The Bertz CT molecular complexity index is 626. The topological polar surface area (TPSA) is 30.0 Å². The molecule has 3 rings (SSSR count). The normalized spacial score (nSPS) is 16.4. The van der Waals surface area contributed by atoms with Crippen molar-refractivity contribution in [3.05, 3.63) is 52.0 Å². The third kappa shape index (κ3) is 4.76. The van der Waals surface area contributed by atoms with Gasteiger partial charge in [0.2, 0.25) is 0 Å². The van der Waals surface area contributed by atoms with E-state index >= 15 is 0 Å². The van der Waals surface area contributed by atoms with Gasteiger partial charge in [-0.25, -0.2) is 4.98 Å². The first kappa shape index (κ1) is 17.3. The lowest BCUT2D eigenvalue weighted by Gasteiger charge is -2.20. The first-order valence-corrected chi connectivity index (χ1v) is 10.1. The maximum atomic E-state index is 12.9. The molecule has 1 heterocycles. The molecular weight excluding hydrogens is 314 g/mol. The van der Waals surface area contributed by atoms with Crippen molar-refractivity contribution in [3.63, 3.8) is 0 Å². The highest BCUT2D eigenvalue weighted by Gasteiger charge is 2.26. The van der Waals surface area contributed by atoms with Crippen LogP contribution in [0.5, 0.6) is 0 Å². The van der Waals surface area contributed by atoms with Gasteiger partial charge in [-0.1, -0.05) is 55.5 Å². The highest BCUT2D eigenvalue weighted by molar-refractivity contribution is 7.09. The predicted octanol–water partition coefficient (Wildman–Crippen LogP) is 5.71. The summed E-state index contributed by atoms with van der Waals surface area (Å²) in [6.45, 7) is 2.10. The van der Waals surface area contributed by atoms with Gasteiger partial charge in [-0.3, -0.25) is 4.79 Å². The minimum Gasteiger partial charge on any atom is -0.299 e. The van der Waals surface area contributed by atoms with E-state index < -0.39 is 0 Å². The Labute approximate surface area is 149 Å². The van der Waals surface area contributed by atoms with Crippen molar-refractivity contribution in [1.29, 1.82) is 0 Å². The second kappa shape index (κ2) is 8.57. The van der Waals surface area contributed by atoms with E-state index in [1.165, 1.54) is 36.8 Å². The van der Waals surface area contributed by atoms with Crippen LogP contribution in [-0.2, 0) is 11.2 Å². The summed E-state index contributed by atoms with van der Waals surface area (Å²) in [5.74, 6) is 1.24. The molecule has 1 fully saturated rings. The fourth-order valence-corrected chi connectivity index (χ4v) is 4.46. The smallest absolute Gasteiger partial charge is 0.140 e. The van der Waals surface area contributed by atoms with Crippen LogP contribution < -0.4 is 0 Å². The van der Waals surface area contributed by atoms with Gasteiger partial charge >= 0.3 is 0 Å². The molecule has 0 amide bonds. The molecule has 0 radical (unpaired) electrons. The van der Waals surface area contributed by atoms with E-state index in [0.29, 0.717) is 12.2 Å². The van der Waals surface area contributed by atoms with Crippen LogP contribution in [0.25, 0.3) is 0 Å². The zero-order chi connectivity index (χ0) is 16.8. The molecule has 2 nitrogen and oxygen atoms in total. The lowest BCUT2D eigenvalue weighted by Crippen LogP contribution is -2.16. The van der Waals surface area contributed by atoms with Crippen LogP contribution in [0.2, 0.25) is 0 Å². The Morgan fingerprint density at radius 3 is 2.67 bits per heavy atom. The van der Waals surface area contributed by atoms with E-state index in [0.717, 1.165) is 30.2 Å². The zero-order valence-electron chi connectivity index (χ0n) is 14.5. The average molecular weight is 342 g/mol. The SMILES string of the molecule is Cc1ccc(C(CC2CCCC2)C(=O)CCCc2nccs2)cc1. The van der Waals surface area contributed by atoms with E-state index in [2.05, 4.69) is 36.2 Å². The first-order chi connectivity index (χ1) is 11.7. The highest BCUT2D eigenvalue weighted by atomic mass is 32.1. The summed E-state index contributed by atoms with van der Waals surface area (Å²) in [5.41, 5.74) is 2.47. The number of nitrogens with zero attached hydrogens (tertiary/aromatic N) is 1. The molecule has 0 N–H and O–H groups in total. The predicted molar refractivity (Wildman–Crippen MR) is 101 cm³/mol. The Morgan fingerprint density at radius 1 is 1.25 bits per heavy atom. The number of rotatable bonds is 8. The van der Waals surface area contributed by atoms with E-state index in [4.69, 9.17) is 0 Å². The molecule has 1 unspecified atom stereocenters. The van der Waals surface area contributed by atoms with Crippen LogP contribution in [0.3, 0.4) is 0 Å². The maximum absolute atomic E-state index is 12.9. The van der Waals surface area contributed by atoms with Gasteiger partial charge in [-0.15, -0.1) is 11.3 Å².